The van der Waals surface area contributed by atoms with Crippen molar-refractivity contribution in [2.75, 3.05) is 26.0 Å². The molecule has 1 aliphatic carbocycles. The Kier molecular flexibility index (Phi) is 6.14. The summed E-state index contributed by atoms with van der Waals surface area (Å²) in [7, 11) is 3.36. The van der Waals surface area contributed by atoms with Gasteiger partial charge in [-0.2, -0.15) is 0 Å². The summed E-state index contributed by atoms with van der Waals surface area (Å²) in [5.74, 6) is -0.361. The zero-order chi connectivity index (χ0) is 20.3. The highest BCUT2D eigenvalue weighted by Gasteiger charge is 2.21. The molecule has 1 aliphatic rings. The van der Waals surface area contributed by atoms with Crippen molar-refractivity contribution in [1.29, 1.82) is 0 Å². The van der Waals surface area contributed by atoms with Crippen LogP contribution in [-0.4, -0.2) is 43.4 Å². The Balaban J connectivity index is 1.51. The lowest BCUT2D eigenvalue weighted by molar-refractivity contribution is -0.119. The van der Waals surface area contributed by atoms with Crippen LogP contribution < -0.4 is 5.32 Å². The molecule has 1 atom stereocenters. The highest BCUT2D eigenvalue weighted by atomic mass is 32.1. The Bertz CT molecular complexity index is 886. The average Bonchev–Trinajstić information content (AvgIpc) is 3.09. The molecular weight excluding hydrogens is 376 g/mol. The first-order chi connectivity index (χ1) is 13.3. The number of carbonyl (C=O) groups is 3. The summed E-state index contributed by atoms with van der Waals surface area (Å²) in [6, 6.07) is 8.47. The zero-order valence-corrected chi connectivity index (χ0v) is 17.1. The minimum Gasteiger partial charge on any atom is -0.451 e. The van der Waals surface area contributed by atoms with Crippen LogP contribution >= 0.6 is 11.3 Å². The number of ether oxygens (including phenoxy) is 1. The van der Waals surface area contributed by atoms with Crippen molar-refractivity contribution >= 4 is 34.8 Å². The number of benzene rings is 1. The number of nitrogens with one attached hydrogen (secondary N) is 1. The van der Waals surface area contributed by atoms with Gasteiger partial charge in [0, 0.05) is 30.2 Å². The molecule has 1 aromatic carbocycles. The van der Waals surface area contributed by atoms with Crippen molar-refractivity contribution in [2.45, 2.75) is 26.2 Å². The molecule has 148 valence electrons. The molecule has 7 heteroatoms. The second-order valence-corrected chi connectivity index (χ2v) is 8.45. The summed E-state index contributed by atoms with van der Waals surface area (Å²) in [4.78, 5) is 39.5. The Morgan fingerprint density at radius 2 is 1.93 bits per heavy atom. The van der Waals surface area contributed by atoms with E-state index in [1.165, 1.54) is 26.7 Å². The van der Waals surface area contributed by atoms with Crippen molar-refractivity contribution in [3.05, 3.63) is 51.2 Å². The molecule has 0 radical (unpaired) electrons. The molecule has 3 rings (SSSR count). The molecule has 1 aromatic heterocycles. The van der Waals surface area contributed by atoms with E-state index in [2.05, 4.69) is 12.2 Å². The maximum absolute atomic E-state index is 12.3. The molecule has 1 heterocycles. The van der Waals surface area contributed by atoms with Crippen LogP contribution in [0.4, 0.5) is 5.69 Å². The predicted octanol–water partition coefficient (Wildman–Crippen LogP) is 3.37. The average molecular weight is 401 g/mol. The van der Waals surface area contributed by atoms with E-state index in [1.807, 2.05) is 6.07 Å². The number of rotatable bonds is 5. The van der Waals surface area contributed by atoms with Crippen LogP contribution in [0.15, 0.2) is 30.3 Å². The number of aryl methyl sites for hydroxylation is 1. The highest BCUT2D eigenvalue weighted by Crippen LogP contribution is 2.32. The zero-order valence-electron chi connectivity index (χ0n) is 16.3. The summed E-state index contributed by atoms with van der Waals surface area (Å²) in [6.07, 6.45) is 3.14. The van der Waals surface area contributed by atoms with Crippen molar-refractivity contribution in [2.24, 2.45) is 5.92 Å². The smallest absolute Gasteiger partial charge is 0.348 e. The second-order valence-electron chi connectivity index (χ2n) is 7.31. The Morgan fingerprint density at radius 1 is 1.21 bits per heavy atom. The quantitative estimate of drug-likeness (QED) is 0.781. The van der Waals surface area contributed by atoms with Crippen LogP contribution in [-0.2, 0) is 22.4 Å². The third-order valence-corrected chi connectivity index (χ3v) is 5.90. The number of nitrogens with zero attached hydrogens (tertiary/aromatic N) is 1. The lowest BCUT2D eigenvalue weighted by Crippen LogP contribution is -2.22. The number of carbonyl (C=O) groups excluding carboxylic acids is 3. The molecule has 28 heavy (non-hydrogen) atoms. The van der Waals surface area contributed by atoms with E-state index in [0.29, 0.717) is 22.0 Å². The molecule has 0 saturated carbocycles. The van der Waals surface area contributed by atoms with Crippen molar-refractivity contribution in [3.63, 3.8) is 0 Å². The number of esters is 1. The largest absolute Gasteiger partial charge is 0.451 e. The van der Waals surface area contributed by atoms with Crippen molar-refractivity contribution < 1.29 is 19.1 Å². The van der Waals surface area contributed by atoms with Crippen LogP contribution in [0.3, 0.4) is 0 Å². The molecule has 6 nitrogen and oxygen atoms in total. The van der Waals surface area contributed by atoms with Crippen molar-refractivity contribution in [1.82, 2.24) is 4.90 Å². The van der Waals surface area contributed by atoms with Gasteiger partial charge in [0.25, 0.3) is 11.8 Å². The summed E-state index contributed by atoms with van der Waals surface area (Å²) in [6.45, 7) is 1.86. The number of amides is 2. The van der Waals surface area contributed by atoms with E-state index in [4.69, 9.17) is 4.74 Å². The van der Waals surface area contributed by atoms with Gasteiger partial charge in [-0.3, -0.25) is 9.59 Å². The van der Waals surface area contributed by atoms with Crippen molar-refractivity contribution in [3.8, 4) is 0 Å². The molecule has 0 bridgehead atoms. The number of hydrogen-bond acceptors (Lipinski definition) is 5. The number of hydrogen-bond donors (Lipinski definition) is 1. The maximum atomic E-state index is 12.3. The van der Waals surface area contributed by atoms with E-state index in [0.717, 1.165) is 19.3 Å². The fourth-order valence-electron chi connectivity index (χ4n) is 3.16. The van der Waals surface area contributed by atoms with Crippen LogP contribution in [0.25, 0.3) is 0 Å². The first-order valence-electron chi connectivity index (χ1n) is 9.23. The molecule has 2 amide bonds. The summed E-state index contributed by atoms with van der Waals surface area (Å²) < 4.78 is 5.16. The van der Waals surface area contributed by atoms with Crippen LogP contribution in [0.5, 0.6) is 0 Å². The van der Waals surface area contributed by atoms with Gasteiger partial charge in [0.2, 0.25) is 0 Å². The molecule has 0 saturated heterocycles. The lowest BCUT2D eigenvalue weighted by atomic mass is 9.90. The Labute approximate surface area is 168 Å². The molecule has 0 fully saturated rings. The van der Waals surface area contributed by atoms with Crippen LogP contribution in [0.1, 0.15) is 43.8 Å². The molecule has 2 aromatic rings. The van der Waals surface area contributed by atoms with Gasteiger partial charge in [0.1, 0.15) is 4.88 Å². The number of thiophene rings is 1. The van der Waals surface area contributed by atoms with E-state index < -0.39 is 11.9 Å². The van der Waals surface area contributed by atoms with Crippen LogP contribution in [0.2, 0.25) is 0 Å². The van der Waals surface area contributed by atoms with Gasteiger partial charge in [-0.05, 0) is 61.1 Å². The summed E-state index contributed by atoms with van der Waals surface area (Å²) in [5, 5.41) is 2.66. The molecule has 1 N–H and O–H groups in total. The van der Waals surface area contributed by atoms with E-state index in [1.54, 1.807) is 38.4 Å². The van der Waals surface area contributed by atoms with E-state index in [9.17, 15) is 14.4 Å². The summed E-state index contributed by atoms with van der Waals surface area (Å²) in [5.41, 5.74) is 2.30. The minimum atomic E-state index is -0.464. The number of anilines is 1. The fourth-order valence-corrected chi connectivity index (χ4v) is 4.26. The van der Waals surface area contributed by atoms with E-state index in [-0.39, 0.29) is 12.5 Å². The van der Waals surface area contributed by atoms with Gasteiger partial charge in [0.15, 0.2) is 6.61 Å². The lowest BCUT2D eigenvalue weighted by Gasteiger charge is -2.16. The van der Waals surface area contributed by atoms with Gasteiger partial charge in [-0.25, -0.2) is 4.79 Å². The molecule has 0 unspecified atom stereocenters. The van der Waals surface area contributed by atoms with Gasteiger partial charge >= 0.3 is 5.97 Å². The molecule has 0 spiro atoms. The topological polar surface area (TPSA) is 75.7 Å². The minimum absolute atomic E-state index is 0.111. The third-order valence-electron chi connectivity index (χ3n) is 4.69. The second kappa shape index (κ2) is 8.56. The monoisotopic (exact) mass is 400 g/mol. The predicted molar refractivity (Wildman–Crippen MR) is 109 cm³/mol. The van der Waals surface area contributed by atoms with Gasteiger partial charge in [0.05, 0.1) is 0 Å². The molecule has 0 aliphatic heterocycles. The van der Waals surface area contributed by atoms with Gasteiger partial charge < -0.3 is 15.0 Å². The Morgan fingerprint density at radius 3 is 2.61 bits per heavy atom. The molecular formula is C21H24N2O4S. The van der Waals surface area contributed by atoms with E-state index >= 15 is 0 Å². The fraction of sp³-hybridized carbons (Fsp3) is 0.381. The SMILES string of the molecule is C[C@@H]1CCc2sc(C(=O)OCC(=O)Nc3ccc(C(=O)N(C)C)cc3)cc2C1. The van der Waals surface area contributed by atoms with Gasteiger partial charge in [-0.1, -0.05) is 6.92 Å². The normalized spacial score (nSPS) is 15.5. The summed E-state index contributed by atoms with van der Waals surface area (Å²) >= 11 is 1.47. The standard InChI is InChI=1S/C21H24N2O4S/c1-13-4-9-17-15(10-13)11-18(28-17)21(26)27-12-19(24)22-16-7-5-14(6-8-16)20(25)23(2)3/h5-8,11,13H,4,9-10,12H2,1-3H3,(H,22,24)/t13-/m1/s1. The first-order valence-corrected chi connectivity index (χ1v) is 10.1. The van der Waals surface area contributed by atoms with Gasteiger partial charge in [-0.15, -0.1) is 11.3 Å². The highest BCUT2D eigenvalue weighted by molar-refractivity contribution is 7.14. The number of fused-ring (bicyclic) bond motifs is 1. The Hall–Kier alpha value is -2.67. The third kappa shape index (κ3) is 4.78. The first kappa shape index (κ1) is 20.1. The maximum Gasteiger partial charge on any atom is 0.348 e. The van der Waals surface area contributed by atoms with Crippen LogP contribution in [0, 0.1) is 5.92 Å².